The molecule has 6 nitrogen and oxygen atoms in total. The average Bonchev–Trinajstić information content (AvgIpc) is 2.83. The molecular weight excluding hydrogens is 342 g/mol. The molecule has 0 fully saturated rings. The Kier molecular flexibility index (Phi) is 6.33. The molecule has 0 aliphatic carbocycles. The maximum atomic E-state index is 12.9. The number of methoxy groups -OCH3 is 1. The van der Waals surface area contributed by atoms with Gasteiger partial charge < -0.3 is 15.0 Å². The van der Waals surface area contributed by atoms with E-state index >= 15 is 0 Å². The van der Waals surface area contributed by atoms with E-state index in [-0.39, 0.29) is 24.8 Å². The zero-order valence-corrected chi connectivity index (χ0v) is 15.4. The van der Waals surface area contributed by atoms with Gasteiger partial charge in [-0.25, -0.2) is 0 Å². The van der Waals surface area contributed by atoms with Crippen LogP contribution in [0.5, 0.6) is 0 Å². The third-order valence-corrected chi connectivity index (χ3v) is 4.30. The molecule has 3 rings (SSSR count). The molecule has 0 radical (unpaired) electrons. The second-order valence-corrected chi connectivity index (χ2v) is 6.27. The molecule has 0 aromatic heterocycles. The molecule has 6 heteroatoms. The molecule has 0 bridgehead atoms. The Morgan fingerprint density at radius 3 is 2.67 bits per heavy atom. The fraction of sp³-hybridized carbons (Fsp3) is 0.286. The van der Waals surface area contributed by atoms with Gasteiger partial charge in [0, 0.05) is 20.3 Å². The lowest BCUT2D eigenvalue weighted by atomic mass is 10.1. The van der Waals surface area contributed by atoms with Crippen molar-refractivity contribution < 1.29 is 14.3 Å². The molecule has 0 spiro atoms. The van der Waals surface area contributed by atoms with Crippen LogP contribution in [0.25, 0.3) is 0 Å². The molecule has 0 atom stereocenters. The summed E-state index contributed by atoms with van der Waals surface area (Å²) in [6, 6.07) is 17.1. The minimum atomic E-state index is -0.197. The largest absolute Gasteiger partial charge is 0.385 e. The SMILES string of the molecule is COCCCNC(=O)CN1C(=O)CC(c2ccccc2)=Nc2ccccc21. The maximum absolute atomic E-state index is 12.9. The van der Waals surface area contributed by atoms with Crippen LogP contribution in [0.15, 0.2) is 59.6 Å². The first-order chi connectivity index (χ1) is 13.2. The van der Waals surface area contributed by atoms with Gasteiger partial charge in [0.05, 0.1) is 23.5 Å². The summed E-state index contributed by atoms with van der Waals surface area (Å²) >= 11 is 0. The zero-order valence-electron chi connectivity index (χ0n) is 15.4. The number of aliphatic imine (C=N–C) groups is 1. The highest BCUT2D eigenvalue weighted by atomic mass is 16.5. The second-order valence-electron chi connectivity index (χ2n) is 6.27. The van der Waals surface area contributed by atoms with Gasteiger partial charge >= 0.3 is 0 Å². The summed E-state index contributed by atoms with van der Waals surface area (Å²) < 4.78 is 4.98. The molecule has 1 aliphatic heterocycles. The van der Waals surface area contributed by atoms with Gasteiger partial charge in [-0.15, -0.1) is 0 Å². The van der Waals surface area contributed by atoms with Crippen molar-refractivity contribution in [2.45, 2.75) is 12.8 Å². The lowest BCUT2D eigenvalue weighted by molar-refractivity contribution is -0.123. The van der Waals surface area contributed by atoms with Gasteiger partial charge in [0.25, 0.3) is 0 Å². The first kappa shape index (κ1) is 18.8. The number of anilines is 1. The molecule has 2 aromatic carbocycles. The minimum Gasteiger partial charge on any atom is -0.385 e. The van der Waals surface area contributed by atoms with E-state index in [2.05, 4.69) is 5.32 Å². The Hall–Kier alpha value is -2.99. The van der Waals surface area contributed by atoms with Crippen LogP contribution in [0.4, 0.5) is 11.4 Å². The Labute approximate surface area is 158 Å². The summed E-state index contributed by atoms with van der Waals surface area (Å²) in [5.41, 5.74) is 2.96. The van der Waals surface area contributed by atoms with Crippen LogP contribution in [0.1, 0.15) is 18.4 Å². The number of benzene rings is 2. The Morgan fingerprint density at radius 2 is 1.89 bits per heavy atom. The second kappa shape index (κ2) is 9.09. The molecule has 2 aromatic rings. The lowest BCUT2D eigenvalue weighted by Crippen LogP contribution is -2.41. The molecule has 27 heavy (non-hydrogen) atoms. The van der Waals surface area contributed by atoms with E-state index in [9.17, 15) is 9.59 Å². The predicted octanol–water partition coefficient (Wildman–Crippen LogP) is 2.70. The van der Waals surface area contributed by atoms with Crippen molar-refractivity contribution in [2.75, 3.05) is 31.7 Å². The molecule has 0 saturated carbocycles. The van der Waals surface area contributed by atoms with Crippen LogP contribution in [-0.2, 0) is 14.3 Å². The monoisotopic (exact) mass is 365 g/mol. The number of nitrogens with zero attached hydrogens (tertiary/aromatic N) is 2. The highest BCUT2D eigenvalue weighted by molar-refractivity contribution is 6.18. The first-order valence-electron chi connectivity index (χ1n) is 8.97. The highest BCUT2D eigenvalue weighted by Crippen LogP contribution is 2.32. The maximum Gasteiger partial charge on any atom is 0.240 e. The van der Waals surface area contributed by atoms with Crippen LogP contribution in [-0.4, -0.2) is 44.3 Å². The summed E-state index contributed by atoms with van der Waals surface area (Å²) in [6.45, 7) is 1.07. The Bertz CT molecular complexity index is 834. The highest BCUT2D eigenvalue weighted by Gasteiger charge is 2.26. The molecule has 2 amide bonds. The lowest BCUT2D eigenvalue weighted by Gasteiger charge is -2.21. The van der Waals surface area contributed by atoms with E-state index in [0.717, 1.165) is 12.0 Å². The summed E-state index contributed by atoms with van der Waals surface area (Å²) in [5.74, 6) is -0.341. The molecule has 0 unspecified atom stereocenters. The topological polar surface area (TPSA) is 71.0 Å². The van der Waals surface area contributed by atoms with Crippen LogP contribution < -0.4 is 10.2 Å². The van der Waals surface area contributed by atoms with E-state index in [1.807, 2.05) is 54.6 Å². The van der Waals surface area contributed by atoms with Gasteiger partial charge in [-0.2, -0.15) is 0 Å². The Morgan fingerprint density at radius 1 is 1.15 bits per heavy atom. The molecule has 1 heterocycles. The number of rotatable bonds is 7. The number of carbonyl (C=O) groups is 2. The van der Waals surface area contributed by atoms with Gasteiger partial charge in [-0.05, 0) is 24.1 Å². The first-order valence-corrected chi connectivity index (χ1v) is 8.97. The van der Waals surface area contributed by atoms with E-state index in [0.29, 0.717) is 30.2 Å². The van der Waals surface area contributed by atoms with Gasteiger partial charge in [0.15, 0.2) is 0 Å². The van der Waals surface area contributed by atoms with E-state index < -0.39 is 0 Å². The molecular formula is C21H23N3O3. The smallest absolute Gasteiger partial charge is 0.240 e. The van der Waals surface area contributed by atoms with Crippen LogP contribution in [0.3, 0.4) is 0 Å². The predicted molar refractivity (Wildman–Crippen MR) is 106 cm³/mol. The minimum absolute atomic E-state index is 0.0274. The van der Waals surface area contributed by atoms with Crippen molar-refractivity contribution in [3.05, 3.63) is 60.2 Å². The number of hydrogen-bond acceptors (Lipinski definition) is 4. The van der Waals surface area contributed by atoms with Crippen LogP contribution in [0.2, 0.25) is 0 Å². The van der Waals surface area contributed by atoms with Crippen molar-refractivity contribution in [1.29, 1.82) is 0 Å². The standard InChI is InChI=1S/C21H23N3O3/c1-27-13-7-12-22-20(25)15-24-19-11-6-5-10-17(19)23-18(14-21(24)26)16-8-3-2-4-9-16/h2-6,8-11H,7,12-15H2,1H3,(H,22,25). The Balaban J connectivity index is 1.80. The van der Waals surface area contributed by atoms with Crippen molar-refractivity contribution in [2.24, 2.45) is 4.99 Å². The van der Waals surface area contributed by atoms with Gasteiger partial charge in [-0.3, -0.25) is 14.6 Å². The molecule has 0 saturated heterocycles. The van der Waals surface area contributed by atoms with Crippen molar-refractivity contribution in [3.8, 4) is 0 Å². The fourth-order valence-corrected chi connectivity index (χ4v) is 2.96. The van der Waals surface area contributed by atoms with E-state index in [1.165, 1.54) is 4.90 Å². The molecule has 140 valence electrons. The summed E-state index contributed by atoms with van der Waals surface area (Å²) in [7, 11) is 1.62. The van der Waals surface area contributed by atoms with Crippen LogP contribution >= 0.6 is 0 Å². The quantitative estimate of drug-likeness (QED) is 0.767. The van der Waals surface area contributed by atoms with Gasteiger partial charge in [0.1, 0.15) is 6.54 Å². The number of nitrogens with one attached hydrogen (secondary N) is 1. The summed E-state index contributed by atoms with van der Waals surface area (Å²) in [6.07, 6.45) is 0.879. The fourth-order valence-electron chi connectivity index (χ4n) is 2.96. The molecule has 1 N–H and O–H groups in total. The van der Waals surface area contributed by atoms with Crippen molar-refractivity contribution >= 4 is 28.9 Å². The third-order valence-electron chi connectivity index (χ3n) is 4.30. The third kappa shape index (κ3) is 4.80. The number of amides is 2. The van der Waals surface area contributed by atoms with Crippen LogP contribution in [0, 0.1) is 0 Å². The zero-order chi connectivity index (χ0) is 19.1. The van der Waals surface area contributed by atoms with Gasteiger partial charge in [0.2, 0.25) is 11.8 Å². The number of carbonyl (C=O) groups excluding carboxylic acids is 2. The van der Waals surface area contributed by atoms with Crippen molar-refractivity contribution in [1.82, 2.24) is 5.32 Å². The average molecular weight is 365 g/mol. The molecule has 1 aliphatic rings. The van der Waals surface area contributed by atoms with Crippen molar-refractivity contribution in [3.63, 3.8) is 0 Å². The number of hydrogen-bond donors (Lipinski definition) is 1. The normalized spacial score (nSPS) is 13.6. The van der Waals surface area contributed by atoms with E-state index in [1.54, 1.807) is 7.11 Å². The van der Waals surface area contributed by atoms with Gasteiger partial charge in [-0.1, -0.05) is 42.5 Å². The van der Waals surface area contributed by atoms with E-state index in [4.69, 9.17) is 9.73 Å². The number of ether oxygens (including phenoxy) is 1. The number of para-hydroxylation sites is 2. The summed E-state index contributed by atoms with van der Waals surface area (Å²) in [5, 5.41) is 2.83. The number of fused-ring (bicyclic) bond motifs is 1. The summed E-state index contributed by atoms with van der Waals surface area (Å²) in [4.78, 5) is 31.5.